The third-order valence-corrected chi connectivity index (χ3v) is 3.77. The maximum atomic E-state index is 11.6. The zero-order chi connectivity index (χ0) is 20.5. The Morgan fingerprint density at radius 2 is 1.82 bits per heavy atom. The first-order chi connectivity index (χ1) is 13.5. The number of nitrogens with two attached hydrogens (primary N) is 1. The molecule has 0 unspecified atom stereocenters. The minimum atomic E-state index is -0.0692. The van der Waals surface area contributed by atoms with Crippen LogP contribution >= 0.6 is 0 Å². The SMILES string of the molecule is CC(=O)c1cccc(-c2ccc(C=N)c(Nc3cccc(C)n3)c2)n1.NC=O. The molecule has 0 saturated heterocycles. The number of pyridine rings is 2. The van der Waals surface area contributed by atoms with Crippen LogP contribution in [-0.2, 0) is 4.79 Å². The molecule has 28 heavy (non-hydrogen) atoms. The largest absolute Gasteiger partial charge is 0.372 e. The summed E-state index contributed by atoms with van der Waals surface area (Å²) in [6.07, 6.45) is 1.54. The predicted octanol–water partition coefficient (Wildman–Crippen LogP) is 3.50. The summed E-state index contributed by atoms with van der Waals surface area (Å²) in [5, 5.41) is 10.9. The molecule has 0 spiro atoms. The highest BCUT2D eigenvalue weighted by Crippen LogP contribution is 2.26. The summed E-state index contributed by atoms with van der Waals surface area (Å²) in [6, 6.07) is 16.8. The second kappa shape index (κ2) is 9.72. The first kappa shape index (κ1) is 20.4. The summed E-state index contributed by atoms with van der Waals surface area (Å²) >= 11 is 0. The summed E-state index contributed by atoms with van der Waals surface area (Å²) in [7, 11) is 0. The summed E-state index contributed by atoms with van der Waals surface area (Å²) in [5.41, 5.74) is 8.60. The second-order valence-corrected chi connectivity index (χ2v) is 5.84. The first-order valence-corrected chi connectivity index (χ1v) is 8.47. The van der Waals surface area contributed by atoms with Crippen LogP contribution in [0.15, 0.2) is 54.6 Å². The van der Waals surface area contributed by atoms with Crippen molar-refractivity contribution < 1.29 is 9.59 Å². The van der Waals surface area contributed by atoms with Crippen molar-refractivity contribution in [2.75, 3.05) is 5.32 Å². The van der Waals surface area contributed by atoms with E-state index in [1.807, 2.05) is 55.5 Å². The molecule has 0 bridgehead atoms. The van der Waals surface area contributed by atoms with Crippen LogP contribution in [0.1, 0.15) is 28.7 Å². The van der Waals surface area contributed by atoms with E-state index in [4.69, 9.17) is 10.2 Å². The lowest BCUT2D eigenvalue weighted by molar-refractivity contribution is -0.106. The number of carbonyl (C=O) groups excluding carboxylic acids is 2. The average molecular weight is 375 g/mol. The summed E-state index contributed by atoms with van der Waals surface area (Å²) in [5.74, 6) is 0.644. The summed E-state index contributed by atoms with van der Waals surface area (Å²) in [6.45, 7) is 3.43. The number of primary amides is 1. The molecule has 0 atom stereocenters. The van der Waals surface area contributed by atoms with Crippen LogP contribution in [0.3, 0.4) is 0 Å². The molecule has 3 aromatic rings. The summed E-state index contributed by atoms with van der Waals surface area (Å²) in [4.78, 5) is 29.0. The van der Waals surface area contributed by atoms with Crippen LogP contribution in [-0.4, -0.2) is 28.4 Å². The fraction of sp³-hybridized carbons (Fsp3) is 0.0952. The number of nitrogens with one attached hydrogen (secondary N) is 2. The average Bonchev–Trinajstić information content (AvgIpc) is 2.69. The number of Topliss-reactive ketones (excluding diaryl/α,β-unsaturated/α-hetero) is 1. The van der Waals surface area contributed by atoms with Crippen molar-refractivity contribution in [2.45, 2.75) is 13.8 Å². The van der Waals surface area contributed by atoms with Crippen LogP contribution in [0.5, 0.6) is 0 Å². The van der Waals surface area contributed by atoms with E-state index in [9.17, 15) is 4.79 Å². The van der Waals surface area contributed by atoms with E-state index >= 15 is 0 Å². The Labute approximate surface area is 163 Å². The van der Waals surface area contributed by atoms with Crippen molar-refractivity contribution in [3.63, 3.8) is 0 Å². The van der Waals surface area contributed by atoms with Crippen molar-refractivity contribution in [2.24, 2.45) is 5.73 Å². The molecule has 7 nitrogen and oxygen atoms in total. The van der Waals surface area contributed by atoms with Gasteiger partial charge in [-0.25, -0.2) is 9.97 Å². The lowest BCUT2D eigenvalue weighted by atomic mass is 10.1. The van der Waals surface area contributed by atoms with Crippen molar-refractivity contribution in [1.82, 2.24) is 9.97 Å². The Kier molecular flexibility index (Phi) is 7.10. The maximum absolute atomic E-state index is 11.6. The molecule has 3 rings (SSSR count). The number of hydrogen-bond donors (Lipinski definition) is 3. The van der Waals surface area contributed by atoms with Gasteiger partial charge in [0, 0.05) is 35.6 Å². The van der Waals surface area contributed by atoms with E-state index in [0.29, 0.717) is 17.2 Å². The standard InChI is InChI=1S/C20H18N4O.CH3NO/c1-13-5-3-8-20(22-13)24-19-11-15(9-10-16(19)12-21)18-7-4-6-17(23-18)14(2)25;2-1-3/h3-12,21H,1-2H3,(H,22,24);1H,(H2,2,3). The number of benzene rings is 1. The van der Waals surface area contributed by atoms with Crippen LogP contribution in [0.4, 0.5) is 11.5 Å². The molecule has 0 saturated carbocycles. The zero-order valence-corrected chi connectivity index (χ0v) is 15.6. The molecule has 0 aliphatic heterocycles. The Bertz CT molecular complexity index is 1000. The van der Waals surface area contributed by atoms with Gasteiger partial charge in [-0.05, 0) is 37.3 Å². The molecule has 0 radical (unpaired) electrons. The van der Waals surface area contributed by atoms with Gasteiger partial charge in [0.1, 0.15) is 11.5 Å². The van der Waals surface area contributed by atoms with E-state index in [1.54, 1.807) is 6.07 Å². The molecule has 2 heterocycles. The number of amides is 1. The number of hydrogen-bond acceptors (Lipinski definition) is 6. The van der Waals surface area contributed by atoms with Crippen molar-refractivity contribution in [1.29, 1.82) is 5.41 Å². The molecule has 7 heteroatoms. The number of aromatic nitrogens is 2. The topological polar surface area (TPSA) is 122 Å². The van der Waals surface area contributed by atoms with Crippen LogP contribution in [0.2, 0.25) is 0 Å². The van der Waals surface area contributed by atoms with Gasteiger partial charge in [0.15, 0.2) is 5.78 Å². The Morgan fingerprint density at radius 3 is 2.46 bits per heavy atom. The van der Waals surface area contributed by atoms with Gasteiger partial charge in [0.05, 0.1) is 5.69 Å². The maximum Gasteiger partial charge on any atom is 0.204 e. The smallest absolute Gasteiger partial charge is 0.204 e. The number of anilines is 2. The lowest BCUT2D eigenvalue weighted by Crippen LogP contribution is -2.00. The second-order valence-electron chi connectivity index (χ2n) is 5.84. The van der Waals surface area contributed by atoms with Crippen molar-refractivity contribution in [3.05, 3.63) is 71.5 Å². The molecular weight excluding hydrogens is 354 g/mol. The Balaban J connectivity index is 0.000000878. The van der Waals surface area contributed by atoms with E-state index in [1.165, 1.54) is 13.1 Å². The third kappa shape index (κ3) is 5.31. The van der Waals surface area contributed by atoms with Gasteiger partial charge in [-0.2, -0.15) is 0 Å². The Morgan fingerprint density at radius 1 is 1.11 bits per heavy atom. The van der Waals surface area contributed by atoms with Crippen molar-refractivity contribution in [3.8, 4) is 11.3 Å². The molecule has 0 aliphatic carbocycles. The normalized spacial score (nSPS) is 9.64. The van der Waals surface area contributed by atoms with Gasteiger partial charge in [0.25, 0.3) is 0 Å². The van der Waals surface area contributed by atoms with Gasteiger partial charge >= 0.3 is 0 Å². The number of rotatable bonds is 5. The minimum Gasteiger partial charge on any atom is -0.372 e. The van der Waals surface area contributed by atoms with E-state index < -0.39 is 0 Å². The zero-order valence-electron chi connectivity index (χ0n) is 15.6. The fourth-order valence-corrected chi connectivity index (χ4v) is 2.49. The highest BCUT2D eigenvalue weighted by molar-refractivity contribution is 5.93. The van der Waals surface area contributed by atoms with Crippen LogP contribution < -0.4 is 11.1 Å². The fourth-order valence-electron chi connectivity index (χ4n) is 2.49. The number of nitrogens with zero attached hydrogens (tertiary/aromatic N) is 2. The highest BCUT2D eigenvalue weighted by atomic mass is 16.1. The summed E-state index contributed by atoms with van der Waals surface area (Å²) < 4.78 is 0. The molecule has 0 aliphatic rings. The predicted molar refractivity (Wildman–Crippen MR) is 110 cm³/mol. The number of carbonyl (C=O) groups is 2. The molecule has 1 amide bonds. The van der Waals surface area contributed by atoms with Gasteiger partial charge in [-0.1, -0.05) is 24.3 Å². The monoisotopic (exact) mass is 375 g/mol. The Hall–Kier alpha value is -3.87. The van der Waals surface area contributed by atoms with Crippen LogP contribution in [0, 0.1) is 12.3 Å². The molecular formula is C21H21N5O2. The van der Waals surface area contributed by atoms with Gasteiger partial charge in [0.2, 0.25) is 6.41 Å². The van der Waals surface area contributed by atoms with E-state index in [-0.39, 0.29) is 12.2 Å². The molecule has 142 valence electrons. The first-order valence-electron chi connectivity index (χ1n) is 8.47. The van der Waals surface area contributed by atoms with Gasteiger partial charge in [-0.15, -0.1) is 0 Å². The lowest BCUT2D eigenvalue weighted by Gasteiger charge is -2.11. The molecule has 1 aromatic carbocycles. The third-order valence-electron chi connectivity index (χ3n) is 3.77. The van der Waals surface area contributed by atoms with E-state index in [0.717, 1.165) is 22.5 Å². The van der Waals surface area contributed by atoms with Gasteiger partial charge < -0.3 is 16.5 Å². The van der Waals surface area contributed by atoms with Crippen LogP contribution in [0.25, 0.3) is 11.3 Å². The quantitative estimate of drug-likeness (QED) is 0.358. The number of ketones is 1. The van der Waals surface area contributed by atoms with Gasteiger partial charge in [-0.3, -0.25) is 9.59 Å². The van der Waals surface area contributed by atoms with E-state index in [2.05, 4.69) is 21.0 Å². The van der Waals surface area contributed by atoms with Crippen molar-refractivity contribution >= 4 is 29.9 Å². The minimum absolute atomic E-state index is 0.0692. The molecule has 2 aromatic heterocycles. The molecule has 0 fully saturated rings. The number of aryl methyl sites for hydroxylation is 1. The highest BCUT2D eigenvalue weighted by Gasteiger charge is 2.08. The molecule has 4 N–H and O–H groups in total.